The minimum absolute atomic E-state index is 0.0883. The molecule has 1 aromatic rings. The SMILES string of the molecule is CCCOc1cc(NCC(O)CO)cc([N+](=O)[O-])c1. The van der Waals surface area contributed by atoms with Gasteiger partial charge in [0.25, 0.3) is 5.69 Å². The normalized spacial score (nSPS) is 11.9. The lowest BCUT2D eigenvalue weighted by Gasteiger charge is -2.12. The molecule has 0 fully saturated rings. The maximum atomic E-state index is 10.8. The fourth-order valence-electron chi connectivity index (χ4n) is 1.39. The van der Waals surface area contributed by atoms with Gasteiger partial charge in [-0.1, -0.05) is 6.92 Å². The van der Waals surface area contributed by atoms with Crippen molar-refractivity contribution in [3.05, 3.63) is 28.3 Å². The first-order chi connectivity index (χ1) is 9.06. The molecule has 0 bridgehead atoms. The molecule has 0 radical (unpaired) electrons. The minimum Gasteiger partial charge on any atom is -0.493 e. The van der Waals surface area contributed by atoms with Crippen LogP contribution in [0.5, 0.6) is 5.75 Å². The average Bonchev–Trinajstić information content (AvgIpc) is 2.42. The van der Waals surface area contributed by atoms with E-state index in [4.69, 9.17) is 9.84 Å². The number of nitrogens with zero attached hydrogens (tertiary/aromatic N) is 1. The minimum atomic E-state index is -0.917. The van der Waals surface area contributed by atoms with E-state index < -0.39 is 11.0 Å². The van der Waals surface area contributed by atoms with Crippen LogP contribution >= 0.6 is 0 Å². The summed E-state index contributed by atoms with van der Waals surface area (Å²) >= 11 is 0. The van der Waals surface area contributed by atoms with E-state index in [0.29, 0.717) is 18.0 Å². The van der Waals surface area contributed by atoms with Crippen molar-refractivity contribution in [1.29, 1.82) is 0 Å². The number of rotatable bonds is 8. The molecule has 19 heavy (non-hydrogen) atoms. The van der Waals surface area contributed by atoms with Crippen molar-refractivity contribution in [3.8, 4) is 5.75 Å². The van der Waals surface area contributed by atoms with Gasteiger partial charge in [-0.15, -0.1) is 0 Å². The Morgan fingerprint density at radius 1 is 1.47 bits per heavy atom. The third kappa shape index (κ3) is 5.11. The van der Waals surface area contributed by atoms with Crippen LogP contribution < -0.4 is 10.1 Å². The third-order valence-corrected chi connectivity index (χ3v) is 2.33. The van der Waals surface area contributed by atoms with Crippen molar-refractivity contribution >= 4 is 11.4 Å². The predicted molar refractivity (Wildman–Crippen MR) is 70.5 cm³/mol. The molecule has 106 valence electrons. The van der Waals surface area contributed by atoms with E-state index in [1.54, 1.807) is 6.07 Å². The fourth-order valence-corrected chi connectivity index (χ4v) is 1.39. The number of benzene rings is 1. The number of ether oxygens (including phenoxy) is 1. The summed E-state index contributed by atoms with van der Waals surface area (Å²) in [5.74, 6) is 0.400. The van der Waals surface area contributed by atoms with Crippen molar-refractivity contribution in [2.45, 2.75) is 19.4 Å². The largest absolute Gasteiger partial charge is 0.493 e. The van der Waals surface area contributed by atoms with Crippen LogP contribution in [-0.4, -0.2) is 41.0 Å². The Morgan fingerprint density at radius 3 is 2.79 bits per heavy atom. The molecule has 0 heterocycles. The second-order valence-corrected chi connectivity index (χ2v) is 4.04. The van der Waals surface area contributed by atoms with E-state index in [1.165, 1.54) is 12.1 Å². The summed E-state index contributed by atoms with van der Waals surface area (Å²) in [6, 6.07) is 4.32. The number of aliphatic hydroxyl groups excluding tert-OH is 2. The number of aliphatic hydroxyl groups is 2. The maximum Gasteiger partial charge on any atom is 0.275 e. The topological polar surface area (TPSA) is 105 Å². The monoisotopic (exact) mass is 270 g/mol. The van der Waals surface area contributed by atoms with Crippen LogP contribution in [-0.2, 0) is 0 Å². The summed E-state index contributed by atoms with van der Waals surface area (Å²) < 4.78 is 5.36. The Balaban J connectivity index is 2.83. The zero-order valence-corrected chi connectivity index (χ0v) is 10.7. The van der Waals surface area contributed by atoms with E-state index in [0.717, 1.165) is 6.42 Å². The van der Waals surface area contributed by atoms with E-state index in [9.17, 15) is 15.2 Å². The molecule has 0 aromatic heterocycles. The lowest BCUT2D eigenvalue weighted by molar-refractivity contribution is -0.384. The lowest BCUT2D eigenvalue weighted by atomic mass is 10.2. The summed E-state index contributed by atoms with van der Waals surface area (Å²) in [7, 11) is 0. The highest BCUT2D eigenvalue weighted by Crippen LogP contribution is 2.26. The molecule has 0 aliphatic heterocycles. The van der Waals surface area contributed by atoms with Gasteiger partial charge in [0.05, 0.1) is 30.3 Å². The van der Waals surface area contributed by atoms with Gasteiger partial charge < -0.3 is 20.3 Å². The van der Waals surface area contributed by atoms with Crippen LogP contribution in [0.15, 0.2) is 18.2 Å². The second kappa shape index (κ2) is 7.55. The van der Waals surface area contributed by atoms with Gasteiger partial charge in [-0.3, -0.25) is 10.1 Å². The predicted octanol–water partition coefficient (Wildman–Crippen LogP) is 1.15. The Hall–Kier alpha value is -1.86. The van der Waals surface area contributed by atoms with Crippen molar-refractivity contribution in [2.24, 2.45) is 0 Å². The van der Waals surface area contributed by atoms with Gasteiger partial charge in [-0.25, -0.2) is 0 Å². The van der Waals surface area contributed by atoms with Crippen LogP contribution in [0.25, 0.3) is 0 Å². The summed E-state index contributed by atoms with van der Waals surface area (Å²) in [5.41, 5.74) is 0.377. The summed E-state index contributed by atoms with van der Waals surface area (Å²) in [6.45, 7) is 2.14. The zero-order chi connectivity index (χ0) is 14.3. The van der Waals surface area contributed by atoms with Crippen molar-refractivity contribution in [3.63, 3.8) is 0 Å². The summed E-state index contributed by atoms with van der Waals surface area (Å²) in [5, 5.41) is 31.6. The Morgan fingerprint density at radius 2 is 2.21 bits per heavy atom. The molecule has 0 saturated carbocycles. The number of hydrogen-bond acceptors (Lipinski definition) is 6. The molecule has 0 amide bonds. The van der Waals surface area contributed by atoms with E-state index in [2.05, 4.69) is 5.32 Å². The number of anilines is 1. The molecular weight excluding hydrogens is 252 g/mol. The molecule has 1 rings (SSSR count). The number of hydrogen-bond donors (Lipinski definition) is 3. The van der Waals surface area contributed by atoms with Gasteiger partial charge in [0.15, 0.2) is 0 Å². The maximum absolute atomic E-state index is 10.8. The first kappa shape index (κ1) is 15.2. The second-order valence-electron chi connectivity index (χ2n) is 4.04. The number of nitrogens with one attached hydrogen (secondary N) is 1. The van der Waals surface area contributed by atoms with Gasteiger partial charge in [0.2, 0.25) is 0 Å². The number of nitro benzene ring substituents is 1. The molecule has 0 spiro atoms. The van der Waals surface area contributed by atoms with Gasteiger partial charge in [-0.2, -0.15) is 0 Å². The van der Waals surface area contributed by atoms with Crippen molar-refractivity contribution in [1.82, 2.24) is 0 Å². The van der Waals surface area contributed by atoms with Crippen LogP contribution in [0, 0.1) is 10.1 Å². The molecule has 0 aliphatic carbocycles. The van der Waals surface area contributed by atoms with E-state index in [-0.39, 0.29) is 18.8 Å². The highest BCUT2D eigenvalue weighted by molar-refractivity contribution is 5.56. The average molecular weight is 270 g/mol. The Bertz CT molecular complexity index is 425. The zero-order valence-electron chi connectivity index (χ0n) is 10.7. The molecule has 1 atom stereocenters. The molecule has 0 aliphatic rings. The van der Waals surface area contributed by atoms with E-state index >= 15 is 0 Å². The van der Waals surface area contributed by atoms with Crippen LogP contribution in [0.4, 0.5) is 11.4 Å². The standard InChI is InChI=1S/C12H18N2O5/c1-2-3-19-12-5-9(13-7-11(16)8-15)4-10(6-12)14(17)18/h4-6,11,13,15-16H,2-3,7-8H2,1H3. The van der Waals surface area contributed by atoms with Gasteiger partial charge in [0.1, 0.15) is 5.75 Å². The van der Waals surface area contributed by atoms with Crippen LogP contribution in [0.3, 0.4) is 0 Å². The van der Waals surface area contributed by atoms with Crippen LogP contribution in [0.2, 0.25) is 0 Å². The lowest BCUT2D eigenvalue weighted by Crippen LogP contribution is -2.22. The van der Waals surface area contributed by atoms with Crippen LogP contribution in [0.1, 0.15) is 13.3 Å². The quantitative estimate of drug-likeness (QED) is 0.483. The molecule has 7 heteroatoms. The van der Waals surface area contributed by atoms with Gasteiger partial charge in [-0.05, 0) is 6.42 Å². The number of non-ortho nitro benzene ring substituents is 1. The smallest absolute Gasteiger partial charge is 0.275 e. The van der Waals surface area contributed by atoms with Gasteiger partial charge >= 0.3 is 0 Å². The molecule has 7 nitrogen and oxygen atoms in total. The third-order valence-electron chi connectivity index (χ3n) is 2.33. The molecule has 1 aromatic carbocycles. The molecular formula is C12H18N2O5. The molecule has 1 unspecified atom stereocenters. The summed E-state index contributed by atoms with van der Waals surface area (Å²) in [6.07, 6.45) is -0.117. The highest BCUT2D eigenvalue weighted by Gasteiger charge is 2.11. The Labute approximate surface area is 111 Å². The number of nitro groups is 1. The first-order valence-corrected chi connectivity index (χ1v) is 6.02. The highest BCUT2D eigenvalue weighted by atomic mass is 16.6. The van der Waals surface area contributed by atoms with Crippen molar-refractivity contribution < 1.29 is 19.9 Å². The van der Waals surface area contributed by atoms with E-state index in [1.807, 2.05) is 6.92 Å². The fraction of sp³-hybridized carbons (Fsp3) is 0.500. The first-order valence-electron chi connectivity index (χ1n) is 6.02. The van der Waals surface area contributed by atoms with Gasteiger partial charge in [0, 0.05) is 24.4 Å². The molecule has 3 N–H and O–H groups in total. The molecule has 0 saturated heterocycles. The van der Waals surface area contributed by atoms with Crippen molar-refractivity contribution in [2.75, 3.05) is 25.1 Å². The Kier molecular flexibility index (Phi) is 6.04. The summed E-state index contributed by atoms with van der Waals surface area (Å²) in [4.78, 5) is 10.3.